The van der Waals surface area contributed by atoms with Crippen LogP contribution in [0.15, 0.2) is 24.5 Å². The zero-order valence-electron chi connectivity index (χ0n) is 12.3. The van der Waals surface area contributed by atoms with Crippen molar-refractivity contribution < 1.29 is 4.79 Å². The molecule has 0 saturated carbocycles. The van der Waals surface area contributed by atoms with Crippen LogP contribution in [0.5, 0.6) is 0 Å². The largest absolute Gasteiger partial charge is 0.358 e. The molecule has 1 aliphatic rings. The van der Waals surface area contributed by atoms with Crippen LogP contribution in [0.25, 0.3) is 0 Å². The first-order valence-corrected chi connectivity index (χ1v) is 7.28. The van der Waals surface area contributed by atoms with Crippen LogP contribution in [0.2, 0.25) is 0 Å². The van der Waals surface area contributed by atoms with Gasteiger partial charge in [0.05, 0.1) is 6.54 Å². The Kier molecular flexibility index (Phi) is 5.49. The van der Waals surface area contributed by atoms with E-state index >= 15 is 0 Å². The van der Waals surface area contributed by atoms with E-state index in [9.17, 15) is 4.79 Å². The van der Waals surface area contributed by atoms with Gasteiger partial charge in [-0.3, -0.25) is 14.7 Å². The van der Waals surface area contributed by atoms with Crippen molar-refractivity contribution in [2.24, 2.45) is 0 Å². The van der Waals surface area contributed by atoms with Gasteiger partial charge in [0.2, 0.25) is 5.91 Å². The molecule has 1 aliphatic heterocycles. The van der Waals surface area contributed by atoms with Crippen LogP contribution in [0.4, 0.5) is 0 Å². The van der Waals surface area contributed by atoms with E-state index in [0.717, 1.165) is 25.9 Å². The fourth-order valence-corrected chi connectivity index (χ4v) is 2.62. The number of pyridine rings is 1. The smallest absolute Gasteiger partial charge is 0.233 e. The number of nitrogens with one attached hydrogen (secondary N) is 2. The van der Waals surface area contributed by atoms with Gasteiger partial charge in [-0.2, -0.15) is 0 Å². The van der Waals surface area contributed by atoms with E-state index in [-0.39, 0.29) is 5.91 Å². The van der Waals surface area contributed by atoms with Crippen molar-refractivity contribution >= 4 is 5.91 Å². The Morgan fingerprint density at radius 2 is 2.25 bits per heavy atom. The molecule has 1 atom stereocenters. The highest BCUT2D eigenvalue weighted by Gasteiger charge is 2.21. The summed E-state index contributed by atoms with van der Waals surface area (Å²) in [6.45, 7) is 4.64. The summed E-state index contributed by atoms with van der Waals surface area (Å²) in [5.74, 6) is 0.0973. The van der Waals surface area contributed by atoms with Crippen molar-refractivity contribution in [2.75, 3.05) is 26.7 Å². The minimum Gasteiger partial charge on any atom is -0.358 e. The lowest BCUT2D eigenvalue weighted by Crippen LogP contribution is -2.46. The number of carbonyl (C=O) groups excluding carboxylic acids is 1. The van der Waals surface area contributed by atoms with Gasteiger partial charge >= 0.3 is 0 Å². The third-order valence-corrected chi connectivity index (χ3v) is 3.90. The second-order valence-corrected chi connectivity index (χ2v) is 5.40. The van der Waals surface area contributed by atoms with Crippen molar-refractivity contribution in [3.63, 3.8) is 0 Å². The average Bonchev–Trinajstić information content (AvgIpc) is 2.50. The third-order valence-electron chi connectivity index (χ3n) is 3.90. The molecular weight excluding hydrogens is 252 g/mol. The number of amides is 1. The lowest BCUT2D eigenvalue weighted by Gasteiger charge is -2.33. The molecule has 5 heteroatoms. The van der Waals surface area contributed by atoms with E-state index in [1.807, 2.05) is 12.3 Å². The molecule has 2 N–H and O–H groups in total. The Labute approximate surface area is 120 Å². The maximum atomic E-state index is 11.3. The standard InChI is InChI=1S/C15H24N4O/c1-12(13-4-3-7-17-10-13)18-14-5-8-19(9-6-14)11-15(20)16-2/h3-4,7,10,12,14,18H,5-6,8-9,11H2,1-2H3,(H,16,20). The van der Waals surface area contributed by atoms with Gasteiger partial charge in [0.25, 0.3) is 0 Å². The zero-order chi connectivity index (χ0) is 14.4. The average molecular weight is 276 g/mol. The summed E-state index contributed by atoms with van der Waals surface area (Å²) >= 11 is 0. The van der Waals surface area contributed by atoms with Crippen molar-refractivity contribution in [3.05, 3.63) is 30.1 Å². The summed E-state index contributed by atoms with van der Waals surface area (Å²) in [5, 5.41) is 6.33. The Morgan fingerprint density at radius 1 is 1.50 bits per heavy atom. The molecule has 1 unspecified atom stereocenters. The molecule has 0 aromatic carbocycles. The fraction of sp³-hybridized carbons (Fsp3) is 0.600. The Hall–Kier alpha value is -1.46. The fourth-order valence-electron chi connectivity index (χ4n) is 2.62. The molecule has 1 saturated heterocycles. The Morgan fingerprint density at radius 3 is 2.85 bits per heavy atom. The van der Waals surface area contributed by atoms with E-state index in [1.165, 1.54) is 5.56 Å². The molecule has 1 amide bonds. The molecule has 110 valence electrons. The van der Waals surface area contributed by atoms with Crippen LogP contribution in [-0.2, 0) is 4.79 Å². The molecular formula is C15H24N4O. The molecule has 0 radical (unpaired) electrons. The highest BCUT2D eigenvalue weighted by molar-refractivity contribution is 5.77. The zero-order valence-corrected chi connectivity index (χ0v) is 12.3. The normalized spacial score (nSPS) is 18.7. The van der Waals surface area contributed by atoms with Crippen LogP contribution in [0, 0.1) is 0 Å². The van der Waals surface area contributed by atoms with Crippen molar-refractivity contribution in [1.29, 1.82) is 0 Å². The Bertz CT molecular complexity index is 415. The summed E-state index contributed by atoms with van der Waals surface area (Å²) in [6.07, 6.45) is 5.88. The van der Waals surface area contributed by atoms with Crippen LogP contribution >= 0.6 is 0 Å². The summed E-state index contributed by atoms with van der Waals surface area (Å²) in [5.41, 5.74) is 1.22. The highest BCUT2D eigenvalue weighted by atomic mass is 16.1. The van der Waals surface area contributed by atoms with Gasteiger partial charge < -0.3 is 10.6 Å². The van der Waals surface area contributed by atoms with Crippen LogP contribution in [0.3, 0.4) is 0 Å². The lowest BCUT2D eigenvalue weighted by molar-refractivity contribution is -0.122. The van der Waals surface area contributed by atoms with Gasteiger partial charge in [-0.05, 0) is 31.4 Å². The van der Waals surface area contributed by atoms with Crippen LogP contribution in [-0.4, -0.2) is 48.5 Å². The lowest BCUT2D eigenvalue weighted by atomic mass is 10.0. The molecule has 1 aromatic heterocycles. The first kappa shape index (κ1) is 14.9. The number of hydrogen-bond acceptors (Lipinski definition) is 4. The number of carbonyl (C=O) groups is 1. The molecule has 0 aliphatic carbocycles. The topological polar surface area (TPSA) is 57.3 Å². The Balaban J connectivity index is 1.76. The minimum absolute atomic E-state index is 0.0973. The maximum absolute atomic E-state index is 11.3. The quantitative estimate of drug-likeness (QED) is 0.840. The molecule has 1 fully saturated rings. The number of aromatic nitrogens is 1. The third kappa shape index (κ3) is 4.28. The van der Waals surface area contributed by atoms with Gasteiger partial charge in [0.1, 0.15) is 0 Å². The highest BCUT2D eigenvalue weighted by Crippen LogP contribution is 2.16. The summed E-state index contributed by atoms with van der Waals surface area (Å²) < 4.78 is 0. The number of piperidine rings is 1. The van der Waals surface area contributed by atoms with Crippen LogP contribution in [0.1, 0.15) is 31.4 Å². The predicted octanol–water partition coefficient (Wildman–Crippen LogP) is 0.943. The summed E-state index contributed by atoms with van der Waals surface area (Å²) in [6, 6.07) is 4.91. The van der Waals surface area contributed by atoms with E-state index in [1.54, 1.807) is 13.2 Å². The molecule has 1 aromatic rings. The van der Waals surface area contributed by atoms with Crippen LogP contribution < -0.4 is 10.6 Å². The predicted molar refractivity (Wildman–Crippen MR) is 79.3 cm³/mol. The molecule has 2 rings (SSSR count). The number of nitrogens with zero attached hydrogens (tertiary/aromatic N) is 2. The molecule has 2 heterocycles. The van der Waals surface area contributed by atoms with E-state index in [2.05, 4.69) is 33.5 Å². The van der Waals surface area contributed by atoms with E-state index in [4.69, 9.17) is 0 Å². The van der Waals surface area contributed by atoms with E-state index < -0.39 is 0 Å². The second kappa shape index (κ2) is 7.36. The first-order chi connectivity index (χ1) is 9.69. The van der Waals surface area contributed by atoms with E-state index in [0.29, 0.717) is 18.6 Å². The van der Waals surface area contributed by atoms with Gasteiger partial charge in [-0.1, -0.05) is 6.07 Å². The minimum atomic E-state index is 0.0973. The SMILES string of the molecule is CNC(=O)CN1CCC(NC(C)c2cccnc2)CC1. The van der Waals surface area contributed by atoms with Gasteiger partial charge in [0.15, 0.2) is 0 Å². The number of rotatable bonds is 5. The number of likely N-dealkylation sites (tertiary alicyclic amines) is 1. The first-order valence-electron chi connectivity index (χ1n) is 7.28. The van der Waals surface area contributed by atoms with Crippen molar-refractivity contribution in [2.45, 2.75) is 31.8 Å². The van der Waals surface area contributed by atoms with Gasteiger partial charge in [-0.15, -0.1) is 0 Å². The van der Waals surface area contributed by atoms with Gasteiger partial charge in [-0.25, -0.2) is 0 Å². The van der Waals surface area contributed by atoms with Crippen molar-refractivity contribution in [1.82, 2.24) is 20.5 Å². The molecule has 20 heavy (non-hydrogen) atoms. The maximum Gasteiger partial charge on any atom is 0.233 e. The monoisotopic (exact) mass is 276 g/mol. The molecule has 0 bridgehead atoms. The second-order valence-electron chi connectivity index (χ2n) is 5.40. The number of likely N-dealkylation sites (N-methyl/N-ethyl adjacent to an activating group) is 1. The summed E-state index contributed by atoms with van der Waals surface area (Å²) in [4.78, 5) is 17.7. The number of hydrogen-bond donors (Lipinski definition) is 2. The molecule has 5 nitrogen and oxygen atoms in total. The molecule has 0 spiro atoms. The van der Waals surface area contributed by atoms with Gasteiger partial charge in [0, 0.05) is 44.6 Å². The summed E-state index contributed by atoms with van der Waals surface area (Å²) in [7, 11) is 1.69. The van der Waals surface area contributed by atoms with Crippen molar-refractivity contribution in [3.8, 4) is 0 Å².